The first-order valence-corrected chi connectivity index (χ1v) is 14.9. The highest BCUT2D eigenvalue weighted by Crippen LogP contribution is 2.41. The molecule has 0 amide bonds. The Balaban J connectivity index is 1.13. The van der Waals surface area contributed by atoms with Crippen molar-refractivity contribution in [2.24, 2.45) is 0 Å². The summed E-state index contributed by atoms with van der Waals surface area (Å²) in [7, 11) is 0. The monoisotopic (exact) mass is 547 g/mol. The Morgan fingerprint density at radius 1 is 0.976 bits per heavy atom. The zero-order valence-electron chi connectivity index (χ0n) is 23.8. The van der Waals surface area contributed by atoms with E-state index in [1.54, 1.807) is 11.6 Å². The van der Waals surface area contributed by atoms with Crippen molar-refractivity contribution in [2.75, 3.05) is 18.4 Å². The van der Waals surface area contributed by atoms with Crippen LogP contribution in [0.4, 0.5) is 5.69 Å². The molecule has 210 valence electrons. The number of nitrogens with zero attached hydrogens (tertiary/aromatic N) is 4. The molecule has 7 nitrogen and oxygen atoms in total. The van der Waals surface area contributed by atoms with Gasteiger partial charge in [0.2, 0.25) is 0 Å². The lowest BCUT2D eigenvalue weighted by atomic mass is 9.88. The maximum absolute atomic E-state index is 11.5. The third kappa shape index (κ3) is 4.93. The Bertz CT molecular complexity index is 1610. The highest BCUT2D eigenvalue weighted by molar-refractivity contribution is 5.88. The number of pyridine rings is 1. The summed E-state index contributed by atoms with van der Waals surface area (Å²) in [4.78, 5) is 19.2. The molecule has 2 aromatic carbocycles. The molecule has 0 spiro atoms. The summed E-state index contributed by atoms with van der Waals surface area (Å²) in [6, 6.07) is 20.5. The molecular weight excluding hydrogens is 510 g/mol. The molecule has 2 N–H and O–H groups in total. The lowest BCUT2D eigenvalue weighted by molar-refractivity contribution is 0.0696. The van der Waals surface area contributed by atoms with E-state index in [4.69, 9.17) is 4.98 Å². The van der Waals surface area contributed by atoms with Crippen molar-refractivity contribution in [3.63, 3.8) is 0 Å². The molecule has 41 heavy (non-hydrogen) atoms. The SMILES string of the molecule is Cc1cc(C2CCN(C3CC3)CC2)ccc1NC1CCc2cccc(-c3cccc(-n4ncc(C(=O)O)c4C)n3)c21. The minimum Gasteiger partial charge on any atom is -0.478 e. The topological polar surface area (TPSA) is 83.3 Å². The minimum atomic E-state index is -0.984. The van der Waals surface area contributed by atoms with E-state index in [9.17, 15) is 9.90 Å². The van der Waals surface area contributed by atoms with Gasteiger partial charge in [-0.3, -0.25) is 0 Å². The number of hydrogen-bond acceptors (Lipinski definition) is 5. The van der Waals surface area contributed by atoms with Gasteiger partial charge in [-0.05, 0) is 112 Å². The molecule has 2 aromatic heterocycles. The third-order valence-corrected chi connectivity index (χ3v) is 9.36. The van der Waals surface area contributed by atoms with Gasteiger partial charge in [-0.25, -0.2) is 14.5 Å². The van der Waals surface area contributed by atoms with Gasteiger partial charge < -0.3 is 15.3 Å². The van der Waals surface area contributed by atoms with Crippen molar-refractivity contribution in [3.8, 4) is 17.1 Å². The van der Waals surface area contributed by atoms with Crippen LogP contribution in [-0.2, 0) is 6.42 Å². The number of carboxylic acid groups (broad SMARTS) is 1. The number of nitrogens with one attached hydrogen (secondary N) is 1. The normalized spacial score (nSPS) is 19.3. The maximum atomic E-state index is 11.5. The van der Waals surface area contributed by atoms with E-state index in [1.165, 1.54) is 72.9 Å². The Hall–Kier alpha value is -3.97. The summed E-state index contributed by atoms with van der Waals surface area (Å²) in [5, 5.41) is 17.7. The molecule has 0 radical (unpaired) electrons. The predicted octanol–water partition coefficient (Wildman–Crippen LogP) is 6.69. The molecule has 1 atom stereocenters. The lowest BCUT2D eigenvalue weighted by Crippen LogP contribution is -2.34. The minimum absolute atomic E-state index is 0.187. The fourth-order valence-electron chi connectivity index (χ4n) is 6.92. The van der Waals surface area contributed by atoms with Crippen molar-refractivity contribution >= 4 is 11.7 Å². The number of benzene rings is 2. The number of carbonyl (C=O) groups is 1. The summed E-state index contributed by atoms with van der Waals surface area (Å²) >= 11 is 0. The number of carboxylic acids is 1. The van der Waals surface area contributed by atoms with Crippen LogP contribution in [0.1, 0.15) is 82.4 Å². The zero-order chi connectivity index (χ0) is 28.1. The fourth-order valence-corrected chi connectivity index (χ4v) is 6.92. The highest BCUT2D eigenvalue weighted by Gasteiger charge is 2.32. The van der Waals surface area contributed by atoms with E-state index in [0.29, 0.717) is 17.4 Å². The second kappa shape index (κ2) is 10.5. The zero-order valence-corrected chi connectivity index (χ0v) is 23.8. The summed E-state index contributed by atoms with van der Waals surface area (Å²) in [6.45, 7) is 6.48. The van der Waals surface area contributed by atoms with Gasteiger partial charge in [0.1, 0.15) is 5.56 Å². The van der Waals surface area contributed by atoms with Crippen LogP contribution < -0.4 is 5.32 Å². The van der Waals surface area contributed by atoms with E-state index in [0.717, 1.165) is 30.1 Å². The third-order valence-electron chi connectivity index (χ3n) is 9.36. The van der Waals surface area contributed by atoms with Gasteiger partial charge in [-0.2, -0.15) is 5.10 Å². The van der Waals surface area contributed by atoms with Gasteiger partial charge in [-0.15, -0.1) is 0 Å². The van der Waals surface area contributed by atoms with E-state index in [1.807, 2.05) is 18.2 Å². The van der Waals surface area contributed by atoms with Gasteiger partial charge in [0.15, 0.2) is 5.82 Å². The van der Waals surface area contributed by atoms with Crippen molar-refractivity contribution < 1.29 is 9.90 Å². The first-order valence-electron chi connectivity index (χ1n) is 14.9. The number of anilines is 1. The molecular formula is C34H37N5O2. The molecule has 2 aliphatic carbocycles. The first-order chi connectivity index (χ1) is 20.0. The number of aromatic nitrogens is 3. The number of aryl methyl sites for hydroxylation is 2. The number of hydrogen-bond donors (Lipinski definition) is 2. The molecule has 1 unspecified atom stereocenters. The second-order valence-electron chi connectivity index (χ2n) is 12.0. The fraction of sp³-hybridized carbons (Fsp3) is 0.382. The summed E-state index contributed by atoms with van der Waals surface area (Å²) in [5.74, 6) is 0.295. The van der Waals surface area contributed by atoms with Gasteiger partial charge in [-0.1, -0.05) is 36.4 Å². The number of rotatable bonds is 7. The Labute approximate surface area is 241 Å². The molecule has 1 saturated heterocycles. The van der Waals surface area contributed by atoms with Crippen LogP contribution in [0.25, 0.3) is 17.1 Å². The molecule has 1 aliphatic heterocycles. The van der Waals surface area contributed by atoms with Crippen LogP contribution in [-0.4, -0.2) is 49.9 Å². The van der Waals surface area contributed by atoms with Crippen molar-refractivity contribution in [2.45, 2.75) is 70.4 Å². The molecule has 1 saturated carbocycles. The molecule has 3 heterocycles. The van der Waals surface area contributed by atoms with Crippen LogP contribution in [0.5, 0.6) is 0 Å². The maximum Gasteiger partial charge on any atom is 0.339 e. The Morgan fingerprint density at radius 2 is 1.78 bits per heavy atom. The molecule has 2 fully saturated rings. The lowest BCUT2D eigenvalue weighted by Gasteiger charge is -2.32. The van der Waals surface area contributed by atoms with Crippen LogP contribution >= 0.6 is 0 Å². The van der Waals surface area contributed by atoms with E-state index in [-0.39, 0.29) is 11.6 Å². The van der Waals surface area contributed by atoms with Gasteiger partial charge in [0.05, 0.1) is 23.6 Å². The quantitative estimate of drug-likeness (QED) is 0.268. The summed E-state index contributed by atoms with van der Waals surface area (Å²) in [6.07, 6.45) is 8.78. The smallest absolute Gasteiger partial charge is 0.339 e. The van der Waals surface area contributed by atoms with Crippen LogP contribution in [0.2, 0.25) is 0 Å². The number of aromatic carboxylic acids is 1. The molecule has 4 aromatic rings. The molecule has 0 bridgehead atoms. The van der Waals surface area contributed by atoms with Crippen molar-refractivity contribution in [1.82, 2.24) is 19.7 Å². The number of piperidine rings is 1. The average molecular weight is 548 g/mol. The Morgan fingerprint density at radius 3 is 2.51 bits per heavy atom. The average Bonchev–Trinajstić information content (AvgIpc) is 3.65. The molecule has 3 aliphatic rings. The van der Waals surface area contributed by atoms with Gasteiger partial charge in [0, 0.05) is 17.3 Å². The van der Waals surface area contributed by atoms with Gasteiger partial charge >= 0.3 is 5.97 Å². The van der Waals surface area contributed by atoms with Crippen LogP contribution in [0.3, 0.4) is 0 Å². The summed E-state index contributed by atoms with van der Waals surface area (Å²) < 4.78 is 1.60. The van der Waals surface area contributed by atoms with E-state index < -0.39 is 5.97 Å². The largest absolute Gasteiger partial charge is 0.478 e. The van der Waals surface area contributed by atoms with Crippen LogP contribution in [0.15, 0.2) is 60.8 Å². The van der Waals surface area contributed by atoms with E-state index in [2.05, 4.69) is 58.6 Å². The second-order valence-corrected chi connectivity index (χ2v) is 12.0. The standard InChI is InChI=1S/C34H37N5O2/c1-21-19-25(23-15-17-38(18-16-23)26-11-12-26)10-13-29(21)36-31-14-9-24-5-3-6-27(33(24)31)30-7-4-8-32(37-30)39-22(2)28(20-35-39)34(40)41/h3-8,10,13,19-20,23,26,31,36H,9,11-12,14-18H2,1-2H3,(H,40,41). The number of likely N-dealkylation sites (tertiary alicyclic amines) is 1. The van der Waals surface area contributed by atoms with E-state index >= 15 is 0 Å². The number of fused-ring (bicyclic) bond motifs is 1. The summed E-state index contributed by atoms with van der Waals surface area (Å²) in [5.41, 5.74) is 9.37. The molecule has 7 rings (SSSR count). The Kier molecular flexibility index (Phi) is 6.62. The van der Waals surface area contributed by atoms with Gasteiger partial charge in [0.25, 0.3) is 0 Å². The highest BCUT2D eigenvalue weighted by atomic mass is 16.4. The van der Waals surface area contributed by atoms with Crippen molar-refractivity contribution in [1.29, 1.82) is 0 Å². The molecule has 7 heteroatoms. The van der Waals surface area contributed by atoms with Crippen molar-refractivity contribution in [3.05, 3.63) is 94.3 Å². The first kappa shape index (κ1) is 26.0. The van der Waals surface area contributed by atoms with Crippen LogP contribution in [0, 0.1) is 13.8 Å². The predicted molar refractivity (Wildman–Crippen MR) is 161 cm³/mol.